The monoisotopic (exact) mass is 400 g/mol. The predicted octanol–water partition coefficient (Wildman–Crippen LogP) is 3.33. The molecular formula is C22H26F2N4O. The Bertz CT molecular complexity index is 889. The Balaban J connectivity index is 1.43. The van der Waals surface area contributed by atoms with E-state index in [0.29, 0.717) is 13.1 Å². The summed E-state index contributed by atoms with van der Waals surface area (Å²) in [6, 6.07) is 4.14. The molecule has 0 saturated carbocycles. The Labute approximate surface area is 169 Å². The van der Waals surface area contributed by atoms with Gasteiger partial charge < -0.3 is 4.90 Å². The Kier molecular flexibility index (Phi) is 5.58. The third-order valence-electron chi connectivity index (χ3n) is 6.13. The van der Waals surface area contributed by atoms with Crippen LogP contribution in [0.25, 0.3) is 0 Å². The molecule has 3 heterocycles. The lowest BCUT2D eigenvalue weighted by molar-refractivity contribution is -0.146. The van der Waals surface area contributed by atoms with Gasteiger partial charge in [-0.05, 0) is 31.9 Å². The minimum Gasteiger partial charge on any atom is -0.338 e. The van der Waals surface area contributed by atoms with Crippen LogP contribution in [0.3, 0.4) is 0 Å². The number of nitrogens with zero attached hydrogens (tertiary/aromatic N) is 4. The molecule has 2 fully saturated rings. The first kappa shape index (κ1) is 19.9. The summed E-state index contributed by atoms with van der Waals surface area (Å²) in [6.45, 7) is 4.97. The maximum Gasteiger partial charge on any atom is 0.230 e. The molecule has 0 bridgehead atoms. The second-order valence-electron chi connectivity index (χ2n) is 8.15. The van der Waals surface area contributed by atoms with Gasteiger partial charge in [-0.2, -0.15) is 0 Å². The number of rotatable bonds is 5. The molecular weight excluding hydrogens is 374 g/mol. The summed E-state index contributed by atoms with van der Waals surface area (Å²) < 4.78 is 27.6. The van der Waals surface area contributed by atoms with Gasteiger partial charge in [0.05, 0.1) is 5.41 Å². The van der Waals surface area contributed by atoms with Crippen molar-refractivity contribution >= 4 is 5.91 Å². The van der Waals surface area contributed by atoms with Gasteiger partial charge in [-0.1, -0.05) is 19.1 Å². The average Bonchev–Trinajstić information content (AvgIpc) is 3.13. The Hall–Kier alpha value is -2.41. The summed E-state index contributed by atoms with van der Waals surface area (Å²) in [5.74, 6) is -0.838. The summed E-state index contributed by atoms with van der Waals surface area (Å²) in [5.41, 5.74) is 0.853. The van der Waals surface area contributed by atoms with Crippen LogP contribution in [0, 0.1) is 17.0 Å². The molecule has 1 aromatic carbocycles. The molecule has 2 aliphatic rings. The summed E-state index contributed by atoms with van der Waals surface area (Å²) in [5, 5.41) is 0. The molecule has 7 heteroatoms. The molecule has 1 atom stereocenters. The van der Waals surface area contributed by atoms with Gasteiger partial charge in [0.1, 0.15) is 5.82 Å². The Morgan fingerprint density at radius 3 is 2.66 bits per heavy atom. The average molecular weight is 400 g/mol. The number of amides is 1. The van der Waals surface area contributed by atoms with E-state index in [9.17, 15) is 13.6 Å². The molecule has 4 rings (SSSR count). The van der Waals surface area contributed by atoms with E-state index in [0.717, 1.165) is 56.2 Å². The SMILES string of the molecule is CCc1ncc(CN2CCC3(CCCN(Cc4cccc(F)c4F)C3=O)C2)cn1. The van der Waals surface area contributed by atoms with Crippen LogP contribution in [0.5, 0.6) is 0 Å². The van der Waals surface area contributed by atoms with Crippen molar-refractivity contribution in [3.8, 4) is 0 Å². The summed E-state index contributed by atoms with van der Waals surface area (Å²) >= 11 is 0. The van der Waals surface area contributed by atoms with Gasteiger partial charge in [-0.15, -0.1) is 0 Å². The number of likely N-dealkylation sites (tertiary alicyclic amines) is 2. The number of piperidine rings is 1. The van der Waals surface area contributed by atoms with Gasteiger partial charge in [0.2, 0.25) is 5.91 Å². The second-order valence-corrected chi connectivity index (χ2v) is 8.15. The molecule has 29 heavy (non-hydrogen) atoms. The van der Waals surface area contributed by atoms with E-state index in [4.69, 9.17) is 0 Å². The van der Waals surface area contributed by atoms with Gasteiger partial charge in [-0.25, -0.2) is 18.7 Å². The minimum atomic E-state index is -0.870. The molecule has 1 aromatic heterocycles. The third kappa shape index (κ3) is 4.01. The van der Waals surface area contributed by atoms with Crippen molar-refractivity contribution < 1.29 is 13.6 Å². The van der Waals surface area contributed by atoms with E-state index >= 15 is 0 Å². The molecule has 5 nitrogen and oxygen atoms in total. The smallest absolute Gasteiger partial charge is 0.230 e. The molecule has 0 radical (unpaired) electrons. The topological polar surface area (TPSA) is 49.3 Å². The molecule has 154 valence electrons. The number of hydrogen-bond acceptors (Lipinski definition) is 4. The maximum atomic E-state index is 14.1. The van der Waals surface area contributed by atoms with Crippen LogP contribution >= 0.6 is 0 Å². The zero-order valence-electron chi connectivity index (χ0n) is 16.7. The van der Waals surface area contributed by atoms with Crippen molar-refractivity contribution in [2.24, 2.45) is 5.41 Å². The van der Waals surface area contributed by atoms with E-state index in [2.05, 4.69) is 14.9 Å². The highest BCUT2D eigenvalue weighted by Gasteiger charge is 2.48. The lowest BCUT2D eigenvalue weighted by Gasteiger charge is -2.39. The molecule has 1 unspecified atom stereocenters. The van der Waals surface area contributed by atoms with Crippen LogP contribution in [0.1, 0.15) is 43.1 Å². The van der Waals surface area contributed by atoms with E-state index in [1.54, 1.807) is 11.0 Å². The standard InChI is InChI=1S/C22H26F2N4O/c1-2-19-25-11-16(12-26-19)13-27-10-8-22(15-27)7-4-9-28(21(22)29)14-17-5-3-6-18(23)20(17)24/h3,5-6,11-12H,2,4,7-10,13-15H2,1H3. The number of carbonyl (C=O) groups excluding carboxylic acids is 1. The van der Waals surface area contributed by atoms with Crippen molar-refractivity contribution in [2.45, 2.75) is 45.7 Å². The Morgan fingerprint density at radius 1 is 1.10 bits per heavy atom. The maximum absolute atomic E-state index is 14.1. The van der Waals surface area contributed by atoms with Crippen molar-refractivity contribution in [1.29, 1.82) is 0 Å². The van der Waals surface area contributed by atoms with Crippen molar-refractivity contribution in [3.63, 3.8) is 0 Å². The van der Waals surface area contributed by atoms with E-state index in [1.807, 2.05) is 19.3 Å². The van der Waals surface area contributed by atoms with Gasteiger partial charge in [0.15, 0.2) is 11.6 Å². The summed E-state index contributed by atoms with van der Waals surface area (Å²) in [4.78, 5) is 26.0. The van der Waals surface area contributed by atoms with Gasteiger partial charge in [-0.3, -0.25) is 9.69 Å². The van der Waals surface area contributed by atoms with Crippen LogP contribution in [0.4, 0.5) is 8.78 Å². The lowest BCUT2D eigenvalue weighted by Crippen LogP contribution is -2.49. The highest BCUT2D eigenvalue weighted by Crippen LogP contribution is 2.41. The number of aromatic nitrogens is 2. The van der Waals surface area contributed by atoms with Crippen molar-refractivity contribution in [2.75, 3.05) is 19.6 Å². The normalized spacial score (nSPS) is 22.6. The fraction of sp³-hybridized carbons (Fsp3) is 0.500. The molecule has 1 amide bonds. The third-order valence-corrected chi connectivity index (χ3v) is 6.13. The molecule has 1 spiro atoms. The molecule has 0 aliphatic carbocycles. The highest BCUT2D eigenvalue weighted by atomic mass is 19.2. The number of aryl methyl sites for hydroxylation is 1. The van der Waals surface area contributed by atoms with Crippen LogP contribution in [0.15, 0.2) is 30.6 Å². The zero-order valence-corrected chi connectivity index (χ0v) is 16.7. The number of carbonyl (C=O) groups is 1. The van der Waals surface area contributed by atoms with E-state index in [1.165, 1.54) is 6.07 Å². The fourth-order valence-corrected chi connectivity index (χ4v) is 4.56. The molecule has 2 saturated heterocycles. The van der Waals surface area contributed by atoms with Gasteiger partial charge >= 0.3 is 0 Å². The first-order valence-corrected chi connectivity index (χ1v) is 10.3. The first-order chi connectivity index (χ1) is 14.0. The molecule has 0 N–H and O–H groups in total. The predicted molar refractivity (Wildman–Crippen MR) is 105 cm³/mol. The van der Waals surface area contributed by atoms with Crippen molar-refractivity contribution in [1.82, 2.24) is 19.8 Å². The Morgan fingerprint density at radius 2 is 1.90 bits per heavy atom. The fourth-order valence-electron chi connectivity index (χ4n) is 4.56. The number of hydrogen-bond donors (Lipinski definition) is 0. The minimum absolute atomic E-state index is 0.0625. The summed E-state index contributed by atoms with van der Waals surface area (Å²) in [6.07, 6.45) is 7.04. The first-order valence-electron chi connectivity index (χ1n) is 10.3. The van der Waals surface area contributed by atoms with Crippen molar-refractivity contribution in [3.05, 3.63) is 59.2 Å². The van der Waals surface area contributed by atoms with E-state index in [-0.39, 0.29) is 18.0 Å². The van der Waals surface area contributed by atoms with Gasteiger partial charge in [0, 0.05) is 56.1 Å². The molecule has 2 aromatic rings. The van der Waals surface area contributed by atoms with Crippen LogP contribution in [0.2, 0.25) is 0 Å². The second kappa shape index (κ2) is 8.14. The zero-order chi connectivity index (χ0) is 20.4. The van der Waals surface area contributed by atoms with Gasteiger partial charge in [0.25, 0.3) is 0 Å². The van der Waals surface area contributed by atoms with Crippen LogP contribution in [-0.4, -0.2) is 45.3 Å². The number of halogens is 2. The van der Waals surface area contributed by atoms with Crippen LogP contribution in [-0.2, 0) is 24.3 Å². The molecule has 2 aliphatic heterocycles. The largest absolute Gasteiger partial charge is 0.338 e. The lowest BCUT2D eigenvalue weighted by atomic mass is 9.78. The van der Waals surface area contributed by atoms with Crippen LogP contribution < -0.4 is 0 Å². The number of benzene rings is 1. The highest BCUT2D eigenvalue weighted by molar-refractivity contribution is 5.84. The van der Waals surface area contributed by atoms with E-state index < -0.39 is 17.0 Å². The summed E-state index contributed by atoms with van der Waals surface area (Å²) in [7, 11) is 0. The quantitative estimate of drug-likeness (QED) is 0.773.